The quantitative estimate of drug-likeness (QED) is 0.881. The molecule has 0 radical (unpaired) electrons. The second-order valence-corrected chi connectivity index (χ2v) is 4.95. The highest BCUT2D eigenvalue weighted by molar-refractivity contribution is 5.92. The number of nitrogens with zero attached hydrogens (tertiary/aromatic N) is 2. The molecule has 1 aromatic heterocycles. The van der Waals surface area contributed by atoms with Gasteiger partial charge in [0.1, 0.15) is 5.69 Å². The Hall–Kier alpha value is -1.46. The van der Waals surface area contributed by atoms with Gasteiger partial charge in [-0.05, 0) is 30.4 Å². The molecule has 0 aliphatic carbocycles. The van der Waals surface area contributed by atoms with E-state index in [0.29, 0.717) is 18.2 Å². The van der Waals surface area contributed by atoms with Gasteiger partial charge in [0.05, 0.1) is 0 Å². The van der Waals surface area contributed by atoms with Gasteiger partial charge in [-0.25, -0.2) is 0 Å². The Balaban J connectivity index is 1.93. The van der Waals surface area contributed by atoms with Crippen molar-refractivity contribution in [3.05, 3.63) is 29.6 Å². The maximum absolute atomic E-state index is 12.3. The average molecular weight is 263 g/mol. The van der Waals surface area contributed by atoms with E-state index in [4.69, 9.17) is 10.5 Å². The van der Waals surface area contributed by atoms with Gasteiger partial charge in [0.25, 0.3) is 5.91 Å². The molecule has 0 spiro atoms. The van der Waals surface area contributed by atoms with E-state index in [0.717, 1.165) is 38.1 Å². The number of rotatable bonds is 4. The molecular formula is C14H21N3O2. The van der Waals surface area contributed by atoms with Gasteiger partial charge in [0, 0.05) is 39.5 Å². The normalized spacial score (nSPS) is 16.6. The number of hydrogen-bond donors (Lipinski definition) is 1. The molecule has 2 N–H and O–H groups in total. The van der Waals surface area contributed by atoms with Gasteiger partial charge < -0.3 is 15.4 Å². The largest absolute Gasteiger partial charge is 0.384 e. The number of ether oxygens (including phenoxy) is 1. The Labute approximate surface area is 113 Å². The van der Waals surface area contributed by atoms with E-state index < -0.39 is 0 Å². The molecule has 5 heteroatoms. The molecule has 1 amide bonds. The number of methoxy groups -OCH3 is 1. The zero-order chi connectivity index (χ0) is 13.7. The van der Waals surface area contributed by atoms with Crippen molar-refractivity contribution in [1.29, 1.82) is 0 Å². The van der Waals surface area contributed by atoms with E-state index in [9.17, 15) is 4.79 Å². The van der Waals surface area contributed by atoms with Gasteiger partial charge in [-0.1, -0.05) is 6.07 Å². The maximum Gasteiger partial charge on any atom is 0.272 e. The minimum absolute atomic E-state index is 0.0134. The van der Waals surface area contributed by atoms with Crippen LogP contribution >= 0.6 is 0 Å². The molecule has 104 valence electrons. The Kier molecular flexibility index (Phi) is 4.87. The van der Waals surface area contributed by atoms with Crippen molar-refractivity contribution in [1.82, 2.24) is 9.88 Å². The van der Waals surface area contributed by atoms with Gasteiger partial charge >= 0.3 is 0 Å². The molecule has 2 rings (SSSR count). The third kappa shape index (κ3) is 3.52. The van der Waals surface area contributed by atoms with Crippen molar-refractivity contribution >= 4 is 5.91 Å². The predicted molar refractivity (Wildman–Crippen MR) is 72.6 cm³/mol. The molecule has 0 atom stereocenters. The van der Waals surface area contributed by atoms with Crippen molar-refractivity contribution in [2.24, 2.45) is 11.7 Å². The molecule has 5 nitrogen and oxygen atoms in total. The van der Waals surface area contributed by atoms with Crippen LogP contribution in [0.15, 0.2) is 18.3 Å². The van der Waals surface area contributed by atoms with E-state index in [-0.39, 0.29) is 5.91 Å². The number of hydrogen-bond acceptors (Lipinski definition) is 4. The number of pyridine rings is 1. The van der Waals surface area contributed by atoms with Crippen LogP contribution in [0.4, 0.5) is 0 Å². The first kappa shape index (κ1) is 14.0. The van der Waals surface area contributed by atoms with Crippen LogP contribution in [-0.2, 0) is 11.3 Å². The van der Waals surface area contributed by atoms with Crippen molar-refractivity contribution in [3.63, 3.8) is 0 Å². The lowest BCUT2D eigenvalue weighted by atomic mass is 9.97. The van der Waals surface area contributed by atoms with Crippen molar-refractivity contribution in [2.75, 3.05) is 26.8 Å². The zero-order valence-corrected chi connectivity index (χ0v) is 11.3. The SMILES string of the molecule is COCC1CCN(C(=O)c2ccc(CN)cn2)CC1. The molecule has 0 saturated carbocycles. The highest BCUT2D eigenvalue weighted by atomic mass is 16.5. The molecule has 1 saturated heterocycles. The van der Waals surface area contributed by atoms with Gasteiger partial charge in [-0.3, -0.25) is 9.78 Å². The average Bonchev–Trinajstić information content (AvgIpc) is 2.48. The lowest BCUT2D eigenvalue weighted by Gasteiger charge is -2.31. The van der Waals surface area contributed by atoms with Crippen LogP contribution < -0.4 is 5.73 Å². The third-order valence-electron chi connectivity index (χ3n) is 3.58. The summed E-state index contributed by atoms with van der Waals surface area (Å²) in [5, 5.41) is 0. The topological polar surface area (TPSA) is 68.5 Å². The first-order valence-electron chi connectivity index (χ1n) is 6.67. The fraction of sp³-hybridized carbons (Fsp3) is 0.571. The second kappa shape index (κ2) is 6.63. The summed E-state index contributed by atoms with van der Waals surface area (Å²) in [5.41, 5.74) is 6.96. The molecule has 0 bridgehead atoms. The van der Waals surface area contributed by atoms with Gasteiger partial charge in [0.15, 0.2) is 0 Å². The number of nitrogens with two attached hydrogens (primary N) is 1. The summed E-state index contributed by atoms with van der Waals surface area (Å²) in [6.45, 7) is 2.80. The number of likely N-dealkylation sites (tertiary alicyclic amines) is 1. The number of carbonyl (C=O) groups is 1. The van der Waals surface area contributed by atoms with Crippen LogP contribution in [-0.4, -0.2) is 42.6 Å². The second-order valence-electron chi connectivity index (χ2n) is 4.95. The molecule has 0 unspecified atom stereocenters. The Morgan fingerprint density at radius 3 is 2.74 bits per heavy atom. The predicted octanol–water partition coefficient (Wildman–Crippen LogP) is 1.04. The van der Waals surface area contributed by atoms with Crippen LogP contribution in [0.3, 0.4) is 0 Å². The van der Waals surface area contributed by atoms with E-state index >= 15 is 0 Å². The van der Waals surface area contributed by atoms with Crippen LogP contribution in [0.25, 0.3) is 0 Å². The van der Waals surface area contributed by atoms with E-state index in [1.165, 1.54) is 0 Å². The summed E-state index contributed by atoms with van der Waals surface area (Å²) < 4.78 is 5.16. The van der Waals surface area contributed by atoms with Crippen LogP contribution in [0, 0.1) is 5.92 Å². The Morgan fingerprint density at radius 2 is 2.21 bits per heavy atom. The standard InChI is InChI=1S/C14H21N3O2/c1-19-10-11-4-6-17(7-5-11)14(18)13-3-2-12(8-15)9-16-13/h2-3,9,11H,4-8,10,15H2,1H3. The van der Waals surface area contributed by atoms with Crippen molar-refractivity contribution in [2.45, 2.75) is 19.4 Å². The highest BCUT2D eigenvalue weighted by Crippen LogP contribution is 2.18. The summed E-state index contributed by atoms with van der Waals surface area (Å²) in [5.74, 6) is 0.584. The third-order valence-corrected chi connectivity index (χ3v) is 3.58. The molecule has 1 aromatic rings. The monoisotopic (exact) mass is 263 g/mol. The number of amides is 1. The molecule has 2 heterocycles. The zero-order valence-electron chi connectivity index (χ0n) is 11.3. The fourth-order valence-electron chi connectivity index (χ4n) is 2.37. The van der Waals surface area contributed by atoms with Crippen LogP contribution in [0.2, 0.25) is 0 Å². The maximum atomic E-state index is 12.3. The summed E-state index contributed by atoms with van der Waals surface area (Å²) in [6, 6.07) is 3.61. The van der Waals surface area contributed by atoms with Gasteiger partial charge in [-0.15, -0.1) is 0 Å². The lowest BCUT2D eigenvalue weighted by molar-refractivity contribution is 0.0608. The molecule has 19 heavy (non-hydrogen) atoms. The molecular weight excluding hydrogens is 242 g/mol. The van der Waals surface area contributed by atoms with E-state index in [1.54, 1.807) is 19.4 Å². The van der Waals surface area contributed by atoms with Crippen molar-refractivity contribution < 1.29 is 9.53 Å². The highest BCUT2D eigenvalue weighted by Gasteiger charge is 2.24. The van der Waals surface area contributed by atoms with Crippen molar-refractivity contribution in [3.8, 4) is 0 Å². The summed E-state index contributed by atoms with van der Waals surface area (Å²) in [7, 11) is 1.72. The number of carbonyl (C=O) groups excluding carboxylic acids is 1. The molecule has 1 aliphatic heterocycles. The number of aromatic nitrogens is 1. The summed E-state index contributed by atoms with van der Waals surface area (Å²) >= 11 is 0. The Bertz CT molecular complexity index is 411. The molecule has 0 aromatic carbocycles. The van der Waals surface area contributed by atoms with Gasteiger partial charge in [-0.2, -0.15) is 0 Å². The minimum atomic E-state index is 0.0134. The van der Waals surface area contributed by atoms with E-state index in [2.05, 4.69) is 4.98 Å². The summed E-state index contributed by atoms with van der Waals surface area (Å²) in [4.78, 5) is 18.3. The first-order chi connectivity index (χ1) is 9.24. The first-order valence-corrected chi connectivity index (χ1v) is 6.67. The van der Waals surface area contributed by atoms with Gasteiger partial charge in [0.2, 0.25) is 0 Å². The lowest BCUT2D eigenvalue weighted by Crippen LogP contribution is -2.39. The minimum Gasteiger partial charge on any atom is -0.384 e. The fourth-order valence-corrected chi connectivity index (χ4v) is 2.37. The van der Waals surface area contributed by atoms with Crippen LogP contribution in [0.1, 0.15) is 28.9 Å². The summed E-state index contributed by atoms with van der Waals surface area (Å²) in [6.07, 6.45) is 3.67. The Morgan fingerprint density at radius 1 is 1.47 bits per heavy atom. The van der Waals surface area contributed by atoms with E-state index in [1.807, 2.05) is 11.0 Å². The molecule has 1 aliphatic rings. The van der Waals surface area contributed by atoms with Crippen LogP contribution in [0.5, 0.6) is 0 Å². The molecule has 1 fully saturated rings. The smallest absolute Gasteiger partial charge is 0.272 e. The number of piperidine rings is 1.